The van der Waals surface area contributed by atoms with Gasteiger partial charge in [-0.15, -0.1) is 0 Å². The van der Waals surface area contributed by atoms with Crippen molar-refractivity contribution in [3.05, 3.63) is 89.2 Å². The van der Waals surface area contributed by atoms with E-state index in [9.17, 15) is 9.59 Å². The number of imidazole rings is 1. The average Bonchev–Trinajstić information content (AvgIpc) is 3.21. The molecule has 0 aliphatic carbocycles. The number of fused-ring (bicyclic) bond motifs is 1. The van der Waals surface area contributed by atoms with Crippen molar-refractivity contribution in [2.75, 3.05) is 0 Å². The fourth-order valence-corrected chi connectivity index (χ4v) is 3.44. The number of rotatable bonds is 8. The zero-order valence-electron chi connectivity index (χ0n) is 17.6. The van der Waals surface area contributed by atoms with Gasteiger partial charge in [0.2, 0.25) is 0 Å². The Kier molecular flexibility index (Phi) is 6.17. The van der Waals surface area contributed by atoms with Gasteiger partial charge in [-0.25, -0.2) is 4.98 Å². The van der Waals surface area contributed by atoms with E-state index < -0.39 is 5.97 Å². The van der Waals surface area contributed by atoms with Crippen LogP contribution in [0.5, 0.6) is 11.5 Å². The van der Waals surface area contributed by atoms with E-state index in [-0.39, 0.29) is 18.2 Å². The van der Waals surface area contributed by atoms with Crippen LogP contribution in [0.1, 0.15) is 33.7 Å². The molecular formula is C25H23N3O4. The predicted octanol–water partition coefficient (Wildman–Crippen LogP) is 4.61. The molecule has 7 heteroatoms. The molecule has 3 aromatic carbocycles. The first-order valence-electron chi connectivity index (χ1n) is 10.3. The van der Waals surface area contributed by atoms with Gasteiger partial charge in [0.25, 0.3) is 5.91 Å². The molecule has 7 nitrogen and oxygen atoms in total. The molecule has 0 bridgehead atoms. The number of hydrogen-bond acceptors (Lipinski definition) is 4. The minimum Gasteiger partial charge on any atom is -0.481 e. The van der Waals surface area contributed by atoms with E-state index in [1.807, 2.05) is 73.7 Å². The van der Waals surface area contributed by atoms with Crippen LogP contribution in [0.4, 0.5) is 0 Å². The maximum atomic E-state index is 12.5. The molecule has 1 heterocycles. The highest BCUT2D eigenvalue weighted by atomic mass is 16.5. The van der Waals surface area contributed by atoms with Crippen LogP contribution in [0.2, 0.25) is 0 Å². The van der Waals surface area contributed by atoms with Crippen LogP contribution in [-0.2, 0) is 17.8 Å². The lowest BCUT2D eigenvalue weighted by molar-refractivity contribution is -0.136. The average molecular weight is 429 g/mol. The number of ether oxygens (including phenoxy) is 1. The summed E-state index contributed by atoms with van der Waals surface area (Å²) >= 11 is 0. The number of nitrogens with one attached hydrogen (secondary N) is 2. The second kappa shape index (κ2) is 9.34. The third-order valence-electron chi connectivity index (χ3n) is 5.11. The van der Waals surface area contributed by atoms with E-state index in [2.05, 4.69) is 15.3 Å². The number of H-pyrrole nitrogens is 1. The summed E-state index contributed by atoms with van der Waals surface area (Å²) in [4.78, 5) is 30.6. The third-order valence-corrected chi connectivity index (χ3v) is 5.11. The van der Waals surface area contributed by atoms with Gasteiger partial charge in [0.15, 0.2) is 5.82 Å². The first-order valence-corrected chi connectivity index (χ1v) is 10.3. The molecule has 0 aliphatic rings. The molecule has 1 amide bonds. The standard InChI is InChI=1S/C25H23N3O4/c1-16-13-20(11-9-18(16)10-12-23(29)30)32-19-6-4-5-17(14-19)15-26-25(31)24-27-21-7-2-3-8-22(21)28-24/h2-9,11,13-14H,10,12,15H2,1H3,(H,26,31)(H,27,28)(H,29,30). The van der Waals surface area contributed by atoms with Gasteiger partial charge >= 0.3 is 5.97 Å². The number of benzene rings is 3. The second-order valence-electron chi connectivity index (χ2n) is 7.52. The molecule has 0 fully saturated rings. The molecule has 0 atom stereocenters. The fourth-order valence-electron chi connectivity index (χ4n) is 3.44. The number of hydrogen-bond donors (Lipinski definition) is 3. The number of carbonyl (C=O) groups is 2. The van der Waals surface area contributed by atoms with Gasteiger partial charge in [-0.3, -0.25) is 9.59 Å². The minimum atomic E-state index is -0.811. The molecule has 4 aromatic rings. The number of aryl methyl sites for hydroxylation is 2. The maximum absolute atomic E-state index is 12.5. The Morgan fingerprint density at radius 2 is 1.84 bits per heavy atom. The quantitative estimate of drug-likeness (QED) is 0.379. The van der Waals surface area contributed by atoms with Gasteiger partial charge in [0, 0.05) is 13.0 Å². The summed E-state index contributed by atoms with van der Waals surface area (Å²) in [6.07, 6.45) is 0.588. The zero-order valence-corrected chi connectivity index (χ0v) is 17.6. The first-order chi connectivity index (χ1) is 15.5. The van der Waals surface area contributed by atoms with E-state index in [0.29, 0.717) is 24.5 Å². The van der Waals surface area contributed by atoms with Crippen molar-refractivity contribution in [2.24, 2.45) is 0 Å². The van der Waals surface area contributed by atoms with Crippen LogP contribution in [0.3, 0.4) is 0 Å². The van der Waals surface area contributed by atoms with Gasteiger partial charge in [-0.05, 0) is 66.4 Å². The summed E-state index contributed by atoms with van der Waals surface area (Å²) in [6.45, 7) is 2.27. The molecule has 0 aliphatic heterocycles. The van der Waals surface area contributed by atoms with Crippen LogP contribution in [0.25, 0.3) is 11.0 Å². The molecule has 0 radical (unpaired) electrons. The fraction of sp³-hybridized carbons (Fsp3) is 0.160. The minimum absolute atomic E-state index is 0.100. The number of amides is 1. The molecular weight excluding hydrogens is 406 g/mol. The van der Waals surface area contributed by atoms with E-state index in [1.165, 1.54) is 0 Å². The van der Waals surface area contributed by atoms with Crippen molar-refractivity contribution >= 4 is 22.9 Å². The van der Waals surface area contributed by atoms with Gasteiger partial charge in [-0.1, -0.05) is 30.3 Å². The largest absolute Gasteiger partial charge is 0.481 e. The number of carboxylic acid groups (broad SMARTS) is 1. The number of para-hydroxylation sites is 2. The summed E-state index contributed by atoms with van der Waals surface area (Å²) in [6, 6.07) is 20.6. The highest BCUT2D eigenvalue weighted by Gasteiger charge is 2.11. The molecule has 0 unspecified atom stereocenters. The van der Waals surface area contributed by atoms with Crippen molar-refractivity contribution < 1.29 is 19.4 Å². The lowest BCUT2D eigenvalue weighted by Crippen LogP contribution is -2.23. The van der Waals surface area contributed by atoms with Crippen LogP contribution in [0, 0.1) is 6.92 Å². The Bertz CT molecular complexity index is 1250. The van der Waals surface area contributed by atoms with E-state index in [1.54, 1.807) is 0 Å². The van der Waals surface area contributed by atoms with Gasteiger partial charge in [-0.2, -0.15) is 0 Å². The van der Waals surface area contributed by atoms with E-state index >= 15 is 0 Å². The number of aromatic amines is 1. The Morgan fingerprint density at radius 1 is 1.03 bits per heavy atom. The summed E-state index contributed by atoms with van der Waals surface area (Å²) in [5, 5.41) is 11.7. The van der Waals surface area contributed by atoms with Crippen molar-refractivity contribution in [3.63, 3.8) is 0 Å². The molecule has 162 valence electrons. The predicted molar refractivity (Wildman–Crippen MR) is 121 cm³/mol. The number of nitrogens with zero attached hydrogens (tertiary/aromatic N) is 1. The monoisotopic (exact) mass is 429 g/mol. The Labute approximate surface area is 185 Å². The molecule has 32 heavy (non-hydrogen) atoms. The summed E-state index contributed by atoms with van der Waals surface area (Å²) in [7, 11) is 0. The Hall–Kier alpha value is -4.13. The van der Waals surface area contributed by atoms with Crippen LogP contribution < -0.4 is 10.1 Å². The summed E-state index contributed by atoms with van der Waals surface area (Å²) in [5.74, 6) is 0.509. The topological polar surface area (TPSA) is 104 Å². The van der Waals surface area contributed by atoms with Gasteiger partial charge in [0.05, 0.1) is 11.0 Å². The maximum Gasteiger partial charge on any atom is 0.303 e. The van der Waals surface area contributed by atoms with Gasteiger partial charge < -0.3 is 20.1 Å². The lowest BCUT2D eigenvalue weighted by atomic mass is 10.0. The molecule has 0 spiro atoms. The van der Waals surface area contributed by atoms with E-state index in [0.717, 1.165) is 27.7 Å². The van der Waals surface area contributed by atoms with Crippen molar-refractivity contribution in [1.82, 2.24) is 15.3 Å². The molecule has 3 N–H and O–H groups in total. The van der Waals surface area contributed by atoms with Gasteiger partial charge in [0.1, 0.15) is 11.5 Å². The molecule has 1 aromatic heterocycles. The molecule has 4 rings (SSSR count). The normalized spacial score (nSPS) is 10.8. The molecule has 0 saturated heterocycles. The Morgan fingerprint density at radius 3 is 2.62 bits per heavy atom. The van der Waals surface area contributed by atoms with Crippen LogP contribution in [0.15, 0.2) is 66.7 Å². The van der Waals surface area contributed by atoms with Crippen molar-refractivity contribution in [2.45, 2.75) is 26.3 Å². The number of carboxylic acids is 1. The third kappa shape index (κ3) is 5.13. The second-order valence-corrected chi connectivity index (χ2v) is 7.52. The van der Waals surface area contributed by atoms with Crippen LogP contribution >= 0.6 is 0 Å². The first kappa shape index (κ1) is 21.1. The number of aliphatic carboxylic acids is 1. The SMILES string of the molecule is Cc1cc(Oc2cccc(CNC(=O)c3nc4ccccc4[nH]3)c2)ccc1CCC(=O)O. The highest BCUT2D eigenvalue weighted by Crippen LogP contribution is 2.25. The number of carbonyl (C=O) groups excluding carboxylic acids is 1. The Balaban J connectivity index is 1.38. The number of aromatic nitrogens is 2. The lowest BCUT2D eigenvalue weighted by Gasteiger charge is -2.11. The zero-order chi connectivity index (χ0) is 22.5. The molecule has 0 saturated carbocycles. The summed E-state index contributed by atoms with van der Waals surface area (Å²) < 4.78 is 5.96. The van der Waals surface area contributed by atoms with E-state index in [4.69, 9.17) is 9.84 Å². The smallest absolute Gasteiger partial charge is 0.303 e. The highest BCUT2D eigenvalue weighted by molar-refractivity contribution is 5.94. The van der Waals surface area contributed by atoms with Crippen molar-refractivity contribution in [3.8, 4) is 11.5 Å². The van der Waals surface area contributed by atoms with Crippen molar-refractivity contribution in [1.29, 1.82) is 0 Å². The van der Waals surface area contributed by atoms with Crippen LogP contribution in [-0.4, -0.2) is 27.0 Å². The summed E-state index contributed by atoms with van der Waals surface area (Å²) in [5.41, 5.74) is 4.43.